The van der Waals surface area contributed by atoms with E-state index in [9.17, 15) is 19.7 Å². The minimum Gasteiger partial charge on any atom is -0.442 e. The summed E-state index contributed by atoms with van der Waals surface area (Å²) in [5, 5.41) is 18.5. The van der Waals surface area contributed by atoms with Crippen LogP contribution in [0, 0.1) is 21.4 Å². The van der Waals surface area contributed by atoms with Crippen molar-refractivity contribution in [2.75, 3.05) is 6.61 Å². The van der Waals surface area contributed by atoms with Gasteiger partial charge in [-0.15, -0.1) is 0 Å². The zero-order chi connectivity index (χ0) is 13.5. The molecule has 0 bridgehead atoms. The van der Waals surface area contributed by atoms with Crippen LogP contribution in [0.2, 0.25) is 0 Å². The van der Waals surface area contributed by atoms with Gasteiger partial charge in [0.15, 0.2) is 6.61 Å². The molecule has 1 aromatic carbocycles. The third-order valence-corrected chi connectivity index (χ3v) is 1.69. The second kappa shape index (κ2) is 5.95. The Hall–Kier alpha value is -2.95. The number of hydrogen-bond acceptors (Lipinski definition) is 7. The predicted octanol–water partition coefficient (Wildman–Crippen LogP) is 0.567. The van der Waals surface area contributed by atoms with E-state index in [1.54, 1.807) is 0 Å². The Morgan fingerprint density at radius 2 is 1.89 bits per heavy atom. The third-order valence-electron chi connectivity index (χ3n) is 1.69. The predicted molar refractivity (Wildman–Crippen MR) is 55.3 cm³/mol. The first-order valence-corrected chi connectivity index (χ1v) is 4.55. The van der Waals surface area contributed by atoms with Crippen LogP contribution >= 0.6 is 0 Å². The zero-order valence-electron chi connectivity index (χ0n) is 8.86. The number of benzene rings is 1. The molecule has 0 saturated heterocycles. The molecule has 0 saturated carbocycles. The first-order valence-electron chi connectivity index (χ1n) is 4.55. The van der Waals surface area contributed by atoms with E-state index < -0.39 is 23.5 Å². The van der Waals surface area contributed by atoms with E-state index >= 15 is 0 Å². The number of nitrogens with zero attached hydrogens (tertiary/aromatic N) is 2. The van der Waals surface area contributed by atoms with E-state index in [1.807, 2.05) is 0 Å². The highest BCUT2D eigenvalue weighted by molar-refractivity contribution is 6.30. The van der Waals surface area contributed by atoms with Gasteiger partial charge in [-0.25, -0.2) is 9.59 Å². The molecular weight excluding hydrogens is 244 g/mol. The lowest BCUT2D eigenvalue weighted by atomic mass is 10.3. The van der Waals surface area contributed by atoms with Crippen LogP contribution in [-0.4, -0.2) is 23.5 Å². The fraction of sp³-hybridized carbons (Fsp3) is 0.100. The fourth-order valence-electron chi connectivity index (χ4n) is 0.941. The minimum absolute atomic E-state index is 0.0421. The summed E-state index contributed by atoms with van der Waals surface area (Å²) in [6.45, 7) is -0.561. The number of carbonyl (C=O) groups excluding carboxylic acids is 2. The maximum absolute atomic E-state index is 11.1. The second-order valence-corrected chi connectivity index (χ2v) is 2.87. The van der Waals surface area contributed by atoms with Gasteiger partial charge in [-0.3, -0.25) is 10.1 Å². The quantitative estimate of drug-likeness (QED) is 0.253. The van der Waals surface area contributed by atoms with Gasteiger partial charge in [0.25, 0.3) is 5.69 Å². The molecule has 0 aliphatic rings. The van der Waals surface area contributed by atoms with Crippen LogP contribution in [0.1, 0.15) is 0 Å². The molecular formula is C10H6N2O6. The highest BCUT2D eigenvalue weighted by atomic mass is 16.6. The maximum Gasteiger partial charge on any atom is 0.422 e. The van der Waals surface area contributed by atoms with E-state index in [-0.39, 0.29) is 11.4 Å². The lowest BCUT2D eigenvalue weighted by Gasteiger charge is -2.02. The van der Waals surface area contributed by atoms with Gasteiger partial charge in [0.1, 0.15) is 11.8 Å². The Morgan fingerprint density at radius 1 is 1.28 bits per heavy atom. The molecule has 0 spiro atoms. The Labute approximate surface area is 100 Å². The largest absolute Gasteiger partial charge is 0.442 e. The van der Waals surface area contributed by atoms with Gasteiger partial charge >= 0.3 is 11.9 Å². The van der Waals surface area contributed by atoms with Crippen LogP contribution in [0.3, 0.4) is 0 Å². The summed E-state index contributed by atoms with van der Waals surface area (Å²) in [6, 6.07) is 6.06. The van der Waals surface area contributed by atoms with Crippen LogP contribution in [0.4, 0.5) is 5.69 Å². The normalized spacial score (nSPS) is 9.06. The number of nitro benzene ring substituents is 1. The lowest BCUT2D eigenvalue weighted by molar-refractivity contribution is -0.384. The van der Waals surface area contributed by atoms with Crippen LogP contribution in [0.15, 0.2) is 24.3 Å². The molecule has 0 aliphatic carbocycles. The van der Waals surface area contributed by atoms with Crippen molar-refractivity contribution in [1.82, 2.24) is 0 Å². The van der Waals surface area contributed by atoms with Crippen molar-refractivity contribution in [3.05, 3.63) is 34.4 Å². The van der Waals surface area contributed by atoms with Gasteiger partial charge in [-0.1, -0.05) is 0 Å². The van der Waals surface area contributed by atoms with Crippen molar-refractivity contribution >= 4 is 17.6 Å². The number of ether oxygens (including phenoxy) is 2. The number of carbonyl (C=O) groups is 2. The van der Waals surface area contributed by atoms with Crippen LogP contribution < -0.4 is 4.74 Å². The highest BCUT2D eigenvalue weighted by Crippen LogP contribution is 2.17. The molecule has 0 amide bonds. The van der Waals surface area contributed by atoms with Gasteiger partial charge in [-0.05, 0) is 12.1 Å². The number of hydrogen-bond donors (Lipinski definition) is 0. The molecule has 8 heteroatoms. The molecule has 18 heavy (non-hydrogen) atoms. The summed E-state index contributed by atoms with van der Waals surface area (Å²) in [5.74, 6) is -2.66. The average molecular weight is 250 g/mol. The van der Waals surface area contributed by atoms with E-state index in [0.717, 1.165) is 24.3 Å². The molecule has 0 atom stereocenters. The number of nitriles is 1. The zero-order valence-corrected chi connectivity index (χ0v) is 8.86. The standard InChI is InChI=1S/C10H6N2O6/c11-5-6-17-9(13)10(14)18-8-3-1-7(2-4-8)12(15)16/h1-4H,6H2. The molecule has 92 valence electrons. The van der Waals surface area contributed by atoms with Crippen LogP contribution in [0.25, 0.3) is 0 Å². The van der Waals surface area contributed by atoms with Gasteiger partial charge in [0.2, 0.25) is 0 Å². The van der Waals surface area contributed by atoms with Crippen molar-refractivity contribution in [1.29, 1.82) is 5.26 Å². The van der Waals surface area contributed by atoms with Crippen LogP contribution in [-0.2, 0) is 14.3 Å². The summed E-state index contributed by atoms with van der Waals surface area (Å²) in [6.07, 6.45) is 0. The lowest BCUT2D eigenvalue weighted by Crippen LogP contribution is -2.23. The van der Waals surface area contributed by atoms with E-state index in [4.69, 9.17) is 5.26 Å². The molecule has 1 rings (SSSR count). The van der Waals surface area contributed by atoms with Crippen molar-refractivity contribution in [3.8, 4) is 11.8 Å². The first kappa shape index (κ1) is 13.1. The third kappa shape index (κ3) is 3.57. The second-order valence-electron chi connectivity index (χ2n) is 2.87. The minimum atomic E-state index is -1.31. The van der Waals surface area contributed by atoms with Crippen molar-refractivity contribution in [2.24, 2.45) is 0 Å². The Morgan fingerprint density at radius 3 is 2.39 bits per heavy atom. The monoisotopic (exact) mass is 250 g/mol. The topological polar surface area (TPSA) is 120 Å². The first-order chi connectivity index (χ1) is 8.54. The molecule has 0 aromatic heterocycles. The molecule has 8 nitrogen and oxygen atoms in total. The molecule has 0 heterocycles. The maximum atomic E-state index is 11.1. The highest BCUT2D eigenvalue weighted by Gasteiger charge is 2.18. The molecule has 0 radical (unpaired) electrons. The summed E-state index contributed by atoms with van der Waals surface area (Å²) in [4.78, 5) is 31.8. The molecule has 1 aromatic rings. The van der Waals surface area contributed by atoms with E-state index in [2.05, 4.69) is 9.47 Å². The van der Waals surface area contributed by atoms with Crippen molar-refractivity contribution in [3.63, 3.8) is 0 Å². The summed E-state index contributed by atoms with van der Waals surface area (Å²) in [7, 11) is 0. The van der Waals surface area contributed by atoms with Crippen LogP contribution in [0.5, 0.6) is 5.75 Å². The molecule has 0 N–H and O–H groups in total. The smallest absolute Gasteiger partial charge is 0.422 e. The SMILES string of the molecule is N#CCOC(=O)C(=O)Oc1ccc([N+](=O)[O-])cc1. The summed E-state index contributed by atoms with van der Waals surface area (Å²) in [5.41, 5.74) is -0.179. The number of esters is 2. The van der Waals surface area contributed by atoms with E-state index in [1.165, 1.54) is 6.07 Å². The fourth-order valence-corrected chi connectivity index (χ4v) is 0.941. The molecule has 0 unspecified atom stereocenters. The van der Waals surface area contributed by atoms with Gasteiger partial charge in [0, 0.05) is 12.1 Å². The number of non-ortho nitro benzene ring substituents is 1. The van der Waals surface area contributed by atoms with Gasteiger partial charge in [0.05, 0.1) is 4.92 Å². The van der Waals surface area contributed by atoms with Gasteiger partial charge < -0.3 is 9.47 Å². The average Bonchev–Trinajstić information content (AvgIpc) is 2.36. The van der Waals surface area contributed by atoms with Gasteiger partial charge in [-0.2, -0.15) is 5.26 Å². The summed E-state index contributed by atoms with van der Waals surface area (Å²) < 4.78 is 8.77. The molecule has 0 aliphatic heterocycles. The Kier molecular flexibility index (Phi) is 4.34. The number of nitro groups is 1. The van der Waals surface area contributed by atoms with E-state index in [0.29, 0.717) is 0 Å². The molecule has 0 fully saturated rings. The van der Waals surface area contributed by atoms with Crippen molar-refractivity contribution < 1.29 is 24.0 Å². The van der Waals surface area contributed by atoms with Crippen molar-refractivity contribution in [2.45, 2.75) is 0 Å². The Balaban J connectivity index is 2.62. The Bertz CT molecular complexity index is 516. The summed E-state index contributed by atoms with van der Waals surface area (Å²) >= 11 is 0. The number of rotatable bonds is 3.